The van der Waals surface area contributed by atoms with Crippen LogP contribution >= 0.6 is 0 Å². The predicted molar refractivity (Wildman–Crippen MR) is 74.6 cm³/mol. The highest BCUT2D eigenvalue weighted by Gasteiger charge is 2.40. The molecule has 5 nitrogen and oxygen atoms in total. The molecule has 0 bridgehead atoms. The Morgan fingerprint density at radius 2 is 2.00 bits per heavy atom. The van der Waals surface area contributed by atoms with Crippen molar-refractivity contribution < 1.29 is 14.6 Å². The molecule has 0 aromatic heterocycles. The SMILES string of the molecule is CC(C)(C)C(CCO)NC(=O)C1(CN)CCOCC1. The second-order valence-corrected chi connectivity index (χ2v) is 6.50. The molecule has 1 unspecified atom stereocenters. The molecule has 1 amide bonds. The van der Waals surface area contributed by atoms with Crippen LogP contribution in [0, 0.1) is 10.8 Å². The van der Waals surface area contributed by atoms with Crippen LogP contribution in [0.1, 0.15) is 40.0 Å². The van der Waals surface area contributed by atoms with Gasteiger partial charge in [0.05, 0.1) is 5.41 Å². The summed E-state index contributed by atoms with van der Waals surface area (Å²) in [6.45, 7) is 7.78. The number of nitrogens with two attached hydrogens (primary N) is 1. The summed E-state index contributed by atoms with van der Waals surface area (Å²) in [4.78, 5) is 12.6. The van der Waals surface area contributed by atoms with Crippen molar-refractivity contribution in [1.29, 1.82) is 0 Å². The van der Waals surface area contributed by atoms with Gasteiger partial charge in [-0.15, -0.1) is 0 Å². The van der Waals surface area contributed by atoms with E-state index in [2.05, 4.69) is 26.1 Å². The predicted octanol–water partition coefficient (Wildman–Crippen LogP) is 0.655. The van der Waals surface area contributed by atoms with E-state index in [0.717, 1.165) is 0 Å². The molecule has 0 aromatic carbocycles. The van der Waals surface area contributed by atoms with Gasteiger partial charge in [-0.05, 0) is 24.7 Å². The molecule has 0 aromatic rings. The number of aliphatic hydroxyl groups is 1. The molecule has 19 heavy (non-hydrogen) atoms. The first kappa shape index (κ1) is 16.4. The van der Waals surface area contributed by atoms with Crippen LogP contribution in [0.3, 0.4) is 0 Å². The van der Waals surface area contributed by atoms with Crippen LogP contribution < -0.4 is 11.1 Å². The molecular formula is C14H28N2O3. The van der Waals surface area contributed by atoms with Crippen molar-refractivity contribution in [2.45, 2.75) is 46.1 Å². The summed E-state index contributed by atoms with van der Waals surface area (Å²) < 4.78 is 5.32. The van der Waals surface area contributed by atoms with Gasteiger partial charge in [0.2, 0.25) is 5.91 Å². The van der Waals surface area contributed by atoms with Gasteiger partial charge in [-0.3, -0.25) is 4.79 Å². The zero-order valence-electron chi connectivity index (χ0n) is 12.4. The zero-order valence-corrected chi connectivity index (χ0v) is 12.4. The fraction of sp³-hybridized carbons (Fsp3) is 0.929. The molecule has 0 spiro atoms. The van der Waals surface area contributed by atoms with E-state index in [0.29, 0.717) is 39.0 Å². The molecule has 1 aliphatic heterocycles. The summed E-state index contributed by atoms with van der Waals surface area (Å²) in [5.74, 6) is 0.00618. The quantitative estimate of drug-likeness (QED) is 0.686. The van der Waals surface area contributed by atoms with E-state index < -0.39 is 5.41 Å². The maximum Gasteiger partial charge on any atom is 0.227 e. The first-order valence-corrected chi connectivity index (χ1v) is 7.05. The van der Waals surface area contributed by atoms with Gasteiger partial charge in [-0.2, -0.15) is 0 Å². The largest absolute Gasteiger partial charge is 0.396 e. The molecule has 1 saturated heterocycles. The minimum absolute atomic E-state index is 0.00618. The number of hydrogen-bond acceptors (Lipinski definition) is 4. The van der Waals surface area contributed by atoms with Crippen molar-refractivity contribution in [2.75, 3.05) is 26.4 Å². The number of rotatable bonds is 5. The minimum Gasteiger partial charge on any atom is -0.396 e. The molecule has 4 N–H and O–H groups in total. The molecule has 0 radical (unpaired) electrons. The molecule has 112 valence electrons. The molecule has 1 fully saturated rings. The second-order valence-electron chi connectivity index (χ2n) is 6.50. The third-order valence-corrected chi connectivity index (χ3v) is 4.09. The lowest BCUT2D eigenvalue weighted by atomic mass is 9.77. The fourth-order valence-corrected chi connectivity index (χ4v) is 2.45. The smallest absolute Gasteiger partial charge is 0.227 e. The summed E-state index contributed by atoms with van der Waals surface area (Å²) in [5, 5.41) is 12.2. The van der Waals surface area contributed by atoms with Crippen LogP contribution in [0.5, 0.6) is 0 Å². The summed E-state index contributed by atoms with van der Waals surface area (Å²) in [6.07, 6.45) is 1.91. The van der Waals surface area contributed by atoms with E-state index in [1.165, 1.54) is 0 Å². The number of carbonyl (C=O) groups is 1. The average Bonchev–Trinajstić information content (AvgIpc) is 2.37. The van der Waals surface area contributed by atoms with Gasteiger partial charge >= 0.3 is 0 Å². The maximum absolute atomic E-state index is 12.6. The minimum atomic E-state index is -0.503. The van der Waals surface area contributed by atoms with Crippen LogP contribution in [-0.4, -0.2) is 43.4 Å². The molecule has 1 aliphatic rings. The van der Waals surface area contributed by atoms with E-state index in [1.807, 2.05) is 0 Å². The van der Waals surface area contributed by atoms with Gasteiger partial charge < -0.3 is 20.9 Å². The number of carbonyl (C=O) groups excluding carboxylic acids is 1. The number of amides is 1. The molecule has 1 heterocycles. The fourth-order valence-electron chi connectivity index (χ4n) is 2.45. The summed E-state index contributed by atoms with van der Waals surface area (Å²) in [5.41, 5.74) is 5.25. The van der Waals surface area contributed by atoms with Gasteiger partial charge in [0.25, 0.3) is 0 Å². The number of aliphatic hydroxyl groups excluding tert-OH is 1. The third kappa shape index (κ3) is 4.16. The standard InChI is InChI=1S/C14H28N2O3/c1-13(2,3)11(4-7-17)16-12(18)14(10-15)5-8-19-9-6-14/h11,17H,4-10,15H2,1-3H3,(H,16,18). The molecule has 1 atom stereocenters. The van der Waals surface area contributed by atoms with Crippen molar-refractivity contribution in [3.8, 4) is 0 Å². The highest BCUT2D eigenvalue weighted by Crippen LogP contribution is 2.31. The topological polar surface area (TPSA) is 84.6 Å². The lowest BCUT2D eigenvalue weighted by Crippen LogP contribution is -2.54. The Morgan fingerprint density at radius 1 is 1.42 bits per heavy atom. The second kappa shape index (κ2) is 6.68. The van der Waals surface area contributed by atoms with Crippen molar-refractivity contribution in [2.24, 2.45) is 16.6 Å². The Morgan fingerprint density at radius 3 is 2.42 bits per heavy atom. The maximum atomic E-state index is 12.6. The Kier molecular flexibility index (Phi) is 5.77. The Bertz CT molecular complexity index is 294. The number of hydrogen-bond donors (Lipinski definition) is 3. The van der Waals surface area contributed by atoms with Crippen molar-refractivity contribution in [1.82, 2.24) is 5.32 Å². The van der Waals surface area contributed by atoms with Crippen molar-refractivity contribution >= 4 is 5.91 Å². The van der Waals surface area contributed by atoms with E-state index in [-0.39, 0.29) is 24.0 Å². The summed E-state index contributed by atoms with van der Waals surface area (Å²) in [7, 11) is 0. The Balaban J connectivity index is 2.74. The van der Waals surface area contributed by atoms with Gasteiger partial charge in [0.1, 0.15) is 0 Å². The lowest BCUT2D eigenvalue weighted by Gasteiger charge is -2.38. The van der Waals surface area contributed by atoms with Crippen LogP contribution in [0.25, 0.3) is 0 Å². The van der Waals surface area contributed by atoms with Crippen molar-refractivity contribution in [3.05, 3.63) is 0 Å². The Labute approximate surface area is 115 Å². The van der Waals surface area contributed by atoms with E-state index in [9.17, 15) is 4.79 Å². The van der Waals surface area contributed by atoms with Crippen molar-refractivity contribution in [3.63, 3.8) is 0 Å². The van der Waals surface area contributed by atoms with E-state index in [4.69, 9.17) is 15.6 Å². The highest BCUT2D eigenvalue weighted by atomic mass is 16.5. The monoisotopic (exact) mass is 272 g/mol. The lowest BCUT2D eigenvalue weighted by molar-refractivity contribution is -0.137. The van der Waals surface area contributed by atoms with Crippen LogP contribution in [0.15, 0.2) is 0 Å². The first-order chi connectivity index (χ1) is 8.85. The Hall–Kier alpha value is -0.650. The van der Waals surface area contributed by atoms with E-state index >= 15 is 0 Å². The highest BCUT2D eigenvalue weighted by molar-refractivity contribution is 5.83. The van der Waals surface area contributed by atoms with Gasteiger partial charge in [-0.1, -0.05) is 20.8 Å². The van der Waals surface area contributed by atoms with E-state index in [1.54, 1.807) is 0 Å². The van der Waals surface area contributed by atoms with Gasteiger partial charge in [0.15, 0.2) is 0 Å². The number of ether oxygens (including phenoxy) is 1. The molecule has 0 aliphatic carbocycles. The molecule has 1 rings (SSSR count). The molecular weight excluding hydrogens is 244 g/mol. The first-order valence-electron chi connectivity index (χ1n) is 7.05. The number of nitrogens with one attached hydrogen (secondary N) is 1. The molecule has 0 saturated carbocycles. The van der Waals surface area contributed by atoms with Crippen LogP contribution in [0.4, 0.5) is 0 Å². The normalized spacial score (nSPS) is 20.9. The zero-order chi connectivity index (χ0) is 14.5. The molecule has 5 heteroatoms. The van der Waals surface area contributed by atoms with Gasteiger partial charge in [0, 0.05) is 32.4 Å². The summed E-state index contributed by atoms with van der Waals surface area (Å²) >= 11 is 0. The summed E-state index contributed by atoms with van der Waals surface area (Å²) in [6, 6.07) is -0.0451. The van der Waals surface area contributed by atoms with Crippen LogP contribution in [-0.2, 0) is 9.53 Å². The average molecular weight is 272 g/mol. The van der Waals surface area contributed by atoms with Crippen LogP contribution in [0.2, 0.25) is 0 Å². The third-order valence-electron chi connectivity index (χ3n) is 4.09. The van der Waals surface area contributed by atoms with Gasteiger partial charge in [-0.25, -0.2) is 0 Å².